The van der Waals surface area contributed by atoms with Crippen LogP contribution >= 0.6 is 11.3 Å². The van der Waals surface area contributed by atoms with Crippen molar-refractivity contribution in [2.75, 3.05) is 13.7 Å². The number of fused-ring (bicyclic) bond motifs is 1. The number of thiophene rings is 1. The quantitative estimate of drug-likeness (QED) is 0.490. The highest BCUT2D eigenvalue weighted by Crippen LogP contribution is 2.40. The average molecular weight is 434 g/mol. The number of hydrogen-bond acceptors (Lipinski definition) is 7. The van der Waals surface area contributed by atoms with E-state index in [1.54, 1.807) is 11.3 Å². The van der Waals surface area contributed by atoms with Crippen LogP contribution in [0.25, 0.3) is 10.1 Å². The standard InChI is InChI=1S/C22H23FO6S/c1-28-22(21(27)20(26)19(25)17(11-24)29-22)14-6-7-16(23)13(8-14)10-15-9-12-4-2-3-5-18(12)30-15/h2-9,17,19-21,24-27H,10-11H2,1H3/t17-,19-,20+,21-,22?/m1/s1. The Morgan fingerprint density at radius 3 is 2.57 bits per heavy atom. The second kappa shape index (κ2) is 8.32. The van der Waals surface area contributed by atoms with Crippen LogP contribution in [0.2, 0.25) is 0 Å². The first-order valence-corrected chi connectivity index (χ1v) is 10.4. The summed E-state index contributed by atoms with van der Waals surface area (Å²) >= 11 is 1.57. The Morgan fingerprint density at radius 1 is 1.10 bits per heavy atom. The SMILES string of the molecule is COC1(c2ccc(F)c(Cc3cc4ccccc4s3)c2)O[C@H](CO)[C@@H](O)[C@H](O)[C@H]1O. The zero-order valence-corrected chi connectivity index (χ0v) is 17.1. The van der Waals surface area contributed by atoms with Crippen LogP contribution in [0.15, 0.2) is 48.5 Å². The molecule has 0 spiro atoms. The molecule has 0 saturated carbocycles. The van der Waals surface area contributed by atoms with E-state index in [1.165, 1.54) is 25.3 Å². The van der Waals surface area contributed by atoms with Gasteiger partial charge in [0.2, 0.25) is 5.79 Å². The fourth-order valence-corrected chi connectivity index (χ4v) is 4.99. The van der Waals surface area contributed by atoms with Crippen molar-refractivity contribution >= 4 is 21.4 Å². The van der Waals surface area contributed by atoms with Crippen LogP contribution in [0.5, 0.6) is 0 Å². The van der Waals surface area contributed by atoms with Crippen LogP contribution < -0.4 is 0 Å². The fraction of sp³-hybridized carbons (Fsp3) is 0.364. The molecule has 30 heavy (non-hydrogen) atoms. The minimum absolute atomic E-state index is 0.277. The van der Waals surface area contributed by atoms with Gasteiger partial charge < -0.3 is 29.9 Å². The Hall–Kier alpha value is -1.91. The molecule has 5 atom stereocenters. The Bertz CT molecular complexity index is 1000. The van der Waals surface area contributed by atoms with Crippen LogP contribution in [0, 0.1) is 5.82 Å². The normalized spacial score (nSPS) is 29.4. The smallest absolute Gasteiger partial charge is 0.224 e. The number of ether oxygens (including phenoxy) is 2. The molecule has 6 nitrogen and oxygen atoms in total. The van der Waals surface area contributed by atoms with E-state index < -0.39 is 42.6 Å². The van der Waals surface area contributed by atoms with Gasteiger partial charge in [-0.1, -0.05) is 24.3 Å². The summed E-state index contributed by atoms with van der Waals surface area (Å²) in [7, 11) is 1.27. The number of rotatable bonds is 5. The highest BCUT2D eigenvalue weighted by atomic mass is 32.1. The van der Waals surface area contributed by atoms with Gasteiger partial charge in [-0.15, -0.1) is 11.3 Å². The Labute approximate surface area is 176 Å². The van der Waals surface area contributed by atoms with Crippen molar-refractivity contribution in [3.63, 3.8) is 0 Å². The Kier molecular flexibility index (Phi) is 5.91. The lowest BCUT2D eigenvalue weighted by Gasteiger charge is -2.47. The number of methoxy groups -OCH3 is 1. The number of aliphatic hydroxyl groups excluding tert-OH is 4. The average Bonchev–Trinajstić information content (AvgIpc) is 3.17. The molecular weight excluding hydrogens is 411 g/mol. The number of halogens is 1. The zero-order chi connectivity index (χ0) is 21.5. The highest BCUT2D eigenvalue weighted by molar-refractivity contribution is 7.19. The lowest BCUT2D eigenvalue weighted by molar-refractivity contribution is -0.366. The van der Waals surface area contributed by atoms with E-state index in [2.05, 4.69) is 0 Å². The van der Waals surface area contributed by atoms with Crippen molar-refractivity contribution in [2.45, 2.75) is 36.6 Å². The van der Waals surface area contributed by atoms with Gasteiger partial charge >= 0.3 is 0 Å². The third kappa shape index (κ3) is 3.54. The van der Waals surface area contributed by atoms with Gasteiger partial charge in [0.15, 0.2) is 0 Å². The Balaban J connectivity index is 1.72. The van der Waals surface area contributed by atoms with Gasteiger partial charge in [0.1, 0.15) is 30.2 Å². The minimum Gasteiger partial charge on any atom is -0.394 e. The molecule has 0 radical (unpaired) electrons. The van der Waals surface area contributed by atoms with E-state index in [0.29, 0.717) is 12.0 Å². The third-order valence-electron chi connectivity index (χ3n) is 5.54. The maximum Gasteiger partial charge on any atom is 0.224 e. The molecule has 1 unspecified atom stereocenters. The summed E-state index contributed by atoms with van der Waals surface area (Å²) in [6.07, 6.45) is -5.62. The monoisotopic (exact) mass is 434 g/mol. The first kappa shape index (κ1) is 21.3. The first-order chi connectivity index (χ1) is 14.4. The molecule has 0 bridgehead atoms. The molecule has 2 heterocycles. The second-order valence-corrected chi connectivity index (χ2v) is 8.54. The molecule has 1 aromatic heterocycles. The van der Waals surface area contributed by atoms with Crippen molar-refractivity contribution in [2.24, 2.45) is 0 Å². The molecule has 8 heteroatoms. The lowest BCUT2D eigenvalue weighted by Crippen LogP contribution is -2.64. The summed E-state index contributed by atoms with van der Waals surface area (Å²) in [4.78, 5) is 0.965. The molecule has 1 saturated heterocycles. The zero-order valence-electron chi connectivity index (χ0n) is 16.2. The molecule has 4 rings (SSSR count). The molecular formula is C22H23FO6S. The number of aliphatic hydroxyl groups is 4. The van der Waals surface area contributed by atoms with E-state index in [1.807, 2.05) is 30.3 Å². The van der Waals surface area contributed by atoms with Crippen LogP contribution in [-0.2, 0) is 21.7 Å². The minimum atomic E-state index is -1.87. The van der Waals surface area contributed by atoms with Gasteiger partial charge in [-0.25, -0.2) is 4.39 Å². The van der Waals surface area contributed by atoms with E-state index >= 15 is 0 Å². The molecule has 1 fully saturated rings. The van der Waals surface area contributed by atoms with Crippen molar-refractivity contribution in [3.8, 4) is 0 Å². The number of benzene rings is 2. The van der Waals surface area contributed by atoms with Gasteiger partial charge in [0.05, 0.1) is 6.61 Å². The van der Waals surface area contributed by atoms with E-state index in [4.69, 9.17) is 9.47 Å². The summed E-state index contributed by atoms with van der Waals surface area (Å²) < 4.78 is 26.9. The van der Waals surface area contributed by atoms with E-state index in [0.717, 1.165) is 15.0 Å². The third-order valence-corrected chi connectivity index (χ3v) is 6.66. The summed E-state index contributed by atoms with van der Waals surface area (Å²) in [6.45, 7) is -0.591. The molecule has 1 aliphatic heterocycles. The van der Waals surface area contributed by atoms with Gasteiger partial charge in [-0.3, -0.25) is 0 Å². The number of hydrogen-bond donors (Lipinski definition) is 4. The lowest BCUT2D eigenvalue weighted by atomic mass is 9.87. The highest BCUT2D eigenvalue weighted by Gasteiger charge is 2.55. The van der Waals surface area contributed by atoms with Gasteiger partial charge in [-0.2, -0.15) is 0 Å². The van der Waals surface area contributed by atoms with Crippen LogP contribution in [0.1, 0.15) is 16.0 Å². The largest absolute Gasteiger partial charge is 0.394 e. The molecule has 2 aromatic carbocycles. The fourth-order valence-electron chi connectivity index (χ4n) is 3.91. The summed E-state index contributed by atoms with van der Waals surface area (Å²) in [5.41, 5.74) is 0.645. The van der Waals surface area contributed by atoms with Crippen molar-refractivity contribution in [1.29, 1.82) is 0 Å². The topological polar surface area (TPSA) is 99.4 Å². The maximum absolute atomic E-state index is 14.6. The molecule has 0 amide bonds. The molecule has 160 valence electrons. The van der Waals surface area contributed by atoms with Gasteiger partial charge in [0.25, 0.3) is 0 Å². The predicted molar refractivity (Wildman–Crippen MR) is 110 cm³/mol. The van der Waals surface area contributed by atoms with Crippen LogP contribution in [0.3, 0.4) is 0 Å². The molecule has 1 aliphatic rings. The maximum atomic E-state index is 14.6. The van der Waals surface area contributed by atoms with E-state index in [-0.39, 0.29) is 5.56 Å². The van der Waals surface area contributed by atoms with Gasteiger partial charge in [0, 0.05) is 28.7 Å². The van der Waals surface area contributed by atoms with Crippen LogP contribution in [0.4, 0.5) is 4.39 Å². The van der Waals surface area contributed by atoms with Gasteiger partial charge in [-0.05, 0) is 35.2 Å². The summed E-state index contributed by atoms with van der Waals surface area (Å²) in [5, 5.41) is 41.5. The Morgan fingerprint density at radius 2 is 1.87 bits per heavy atom. The first-order valence-electron chi connectivity index (χ1n) is 9.54. The summed E-state index contributed by atoms with van der Waals surface area (Å²) in [5.74, 6) is -2.29. The van der Waals surface area contributed by atoms with E-state index in [9.17, 15) is 24.8 Å². The molecule has 0 aliphatic carbocycles. The predicted octanol–water partition coefficient (Wildman–Crippen LogP) is 1.90. The van der Waals surface area contributed by atoms with Crippen molar-refractivity contribution in [3.05, 3.63) is 70.4 Å². The molecule has 4 N–H and O–H groups in total. The molecule has 3 aromatic rings. The second-order valence-electron chi connectivity index (χ2n) is 7.37. The van der Waals surface area contributed by atoms with Crippen molar-refractivity contribution < 1.29 is 34.3 Å². The van der Waals surface area contributed by atoms with Crippen LogP contribution in [-0.4, -0.2) is 58.6 Å². The van der Waals surface area contributed by atoms with Crippen molar-refractivity contribution in [1.82, 2.24) is 0 Å². The summed E-state index contributed by atoms with van der Waals surface area (Å²) in [6, 6.07) is 14.1.